The van der Waals surface area contributed by atoms with Crippen LogP contribution >= 0.6 is 0 Å². The van der Waals surface area contributed by atoms with Gasteiger partial charge in [-0.05, 0) is 42.3 Å². The Labute approximate surface area is 123 Å². The first-order valence-electron chi connectivity index (χ1n) is 7.18. The molecule has 0 unspecified atom stereocenters. The summed E-state index contributed by atoms with van der Waals surface area (Å²) in [6.07, 6.45) is 0. The highest BCUT2D eigenvalue weighted by Crippen LogP contribution is 2.29. The number of hydrogen-bond donors (Lipinski definition) is 1. The largest absolute Gasteiger partial charge is 0.364 e. The summed E-state index contributed by atoms with van der Waals surface area (Å²) in [6, 6.07) is 11.6. The molecule has 0 spiro atoms. The van der Waals surface area contributed by atoms with Crippen LogP contribution < -0.4 is 10.2 Å². The summed E-state index contributed by atoms with van der Waals surface area (Å²) in [6.45, 7) is 4.52. The van der Waals surface area contributed by atoms with Gasteiger partial charge in [-0.1, -0.05) is 18.2 Å². The molecule has 1 N–H and O–H groups in total. The first-order valence-corrected chi connectivity index (χ1v) is 7.18. The van der Waals surface area contributed by atoms with E-state index in [9.17, 15) is 8.78 Å². The van der Waals surface area contributed by atoms with Crippen LogP contribution in [0.15, 0.2) is 42.5 Å². The van der Waals surface area contributed by atoms with Gasteiger partial charge in [0.2, 0.25) is 0 Å². The van der Waals surface area contributed by atoms with E-state index >= 15 is 0 Å². The van der Waals surface area contributed by atoms with Crippen LogP contribution in [0.25, 0.3) is 11.1 Å². The van der Waals surface area contributed by atoms with Gasteiger partial charge in [-0.2, -0.15) is 0 Å². The van der Waals surface area contributed by atoms with Gasteiger partial charge in [-0.15, -0.1) is 0 Å². The number of hydrogen-bond acceptors (Lipinski definition) is 2. The van der Waals surface area contributed by atoms with Gasteiger partial charge >= 0.3 is 0 Å². The molecule has 2 nitrogen and oxygen atoms in total. The zero-order valence-corrected chi connectivity index (χ0v) is 11.9. The summed E-state index contributed by atoms with van der Waals surface area (Å²) in [4.78, 5) is 2.06. The Morgan fingerprint density at radius 2 is 1.90 bits per heavy atom. The number of piperazine rings is 1. The first-order chi connectivity index (χ1) is 10.1. The molecule has 1 atom stereocenters. The number of rotatable bonds is 2. The lowest BCUT2D eigenvalue weighted by Crippen LogP contribution is -2.50. The van der Waals surface area contributed by atoms with E-state index in [1.165, 1.54) is 18.2 Å². The first kappa shape index (κ1) is 14.0. The van der Waals surface area contributed by atoms with Crippen molar-refractivity contribution in [1.82, 2.24) is 5.32 Å². The average Bonchev–Trinajstić information content (AvgIpc) is 2.49. The standard InChI is InChI=1S/C17H18F2N2/c1-12-11-20-7-8-21(12)17-10-14(5-6-16(17)19)13-3-2-4-15(18)9-13/h2-6,9-10,12,20H,7-8,11H2,1H3/t12-/m1/s1. The molecule has 0 aromatic heterocycles. The van der Waals surface area contributed by atoms with Crippen LogP contribution in [-0.2, 0) is 0 Å². The smallest absolute Gasteiger partial charge is 0.146 e. The van der Waals surface area contributed by atoms with E-state index in [-0.39, 0.29) is 17.7 Å². The Balaban J connectivity index is 2.00. The lowest BCUT2D eigenvalue weighted by molar-refractivity contribution is 0.491. The lowest BCUT2D eigenvalue weighted by atomic mass is 10.0. The van der Waals surface area contributed by atoms with Gasteiger partial charge in [0.1, 0.15) is 11.6 Å². The van der Waals surface area contributed by atoms with Crippen LogP contribution in [-0.4, -0.2) is 25.7 Å². The number of halogens is 2. The van der Waals surface area contributed by atoms with Crippen molar-refractivity contribution in [3.63, 3.8) is 0 Å². The maximum Gasteiger partial charge on any atom is 0.146 e. The number of nitrogens with one attached hydrogen (secondary N) is 1. The normalized spacial score (nSPS) is 18.8. The quantitative estimate of drug-likeness (QED) is 0.911. The molecule has 1 aliphatic rings. The molecule has 3 rings (SSSR count). The van der Waals surface area contributed by atoms with Gasteiger partial charge in [0, 0.05) is 25.7 Å². The second kappa shape index (κ2) is 5.82. The molecule has 1 heterocycles. The lowest BCUT2D eigenvalue weighted by Gasteiger charge is -2.36. The van der Waals surface area contributed by atoms with E-state index in [2.05, 4.69) is 17.1 Å². The van der Waals surface area contributed by atoms with Gasteiger partial charge < -0.3 is 10.2 Å². The Bertz CT molecular complexity index is 642. The summed E-state index contributed by atoms with van der Waals surface area (Å²) in [7, 11) is 0. The Morgan fingerprint density at radius 3 is 2.67 bits per heavy atom. The second-order valence-electron chi connectivity index (χ2n) is 5.42. The predicted octanol–water partition coefficient (Wildman–Crippen LogP) is 3.43. The van der Waals surface area contributed by atoms with E-state index in [1.54, 1.807) is 12.1 Å². The molecular weight excluding hydrogens is 270 g/mol. The topological polar surface area (TPSA) is 15.3 Å². The second-order valence-corrected chi connectivity index (χ2v) is 5.42. The van der Waals surface area contributed by atoms with Gasteiger partial charge in [-0.25, -0.2) is 8.78 Å². The fraction of sp³-hybridized carbons (Fsp3) is 0.294. The number of anilines is 1. The van der Waals surface area contributed by atoms with E-state index < -0.39 is 0 Å². The van der Waals surface area contributed by atoms with Crippen LogP contribution in [0.2, 0.25) is 0 Å². The zero-order chi connectivity index (χ0) is 14.8. The van der Waals surface area contributed by atoms with Gasteiger partial charge in [0.05, 0.1) is 5.69 Å². The van der Waals surface area contributed by atoms with Crippen molar-refractivity contribution in [3.05, 3.63) is 54.1 Å². The van der Waals surface area contributed by atoms with E-state index in [0.29, 0.717) is 5.69 Å². The van der Waals surface area contributed by atoms with E-state index in [1.807, 2.05) is 12.1 Å². The van der Waals surface area contributed by atoms with Crippen LogP contribution in [0, 0.1) is 11.6 Å². The predicted molar refractivity (Wildman–Crippen MR) is 81.5 cm³/mol. The molecule has 110 valence electrons. The third-order valence-electron chi connectivity index (χ3n) is 3.91. The highest BCUT2D eigenvalue weighted by molar-refractivity contribution is 5.69. The van der Waals surface area contributed by atoms with Crippen molar-refractivity contribution in [2.24, 2.45) is 0 Å². The molecule has 1 saturated heterocycles. The summed E-state index contributed by atoms with van der Waals surface area (Å²) in [5.41, 5.74) is 2.18. The Hall–Kier alpha value is -1.94. The van der Waals surface area contributed by atoms with Crippen LogP contribution in [0.5, 0.6) is 0 Å². The third-order valence-corrected chi connectivity index (χ3v) is 3.91. The van der Waals surface area contributed by atoms with Crippen molar-refractivity contribution in [3.8, 4) is 11.1 Å². The summed E-state index contributed by atoms with van der Waals surface area (Å²) in [5, 5.41) is 3.29. The van der Waals surface area contributed by atoms with Gasteiger partial charge in [0.25, 0.3) is 0 Å². The fourth-order valence-corrected chi connectivity index (χ4v) is 2.78. The molecule has 4 heteroatoms. The van der Waals surface area contributed by atoms with E-state index in [4.69, 9.17) is 0 Å². The minimum absolute atomic E-state index is 0.232. The zero-order valence-electron chi connectivity index (χ0n) is 11.9. The molecule has 21 heavy (non-hydrogen) atoms. The fourth-order valence-electron chi connectivity index (χ4n) is 2.78. The Morgan fingerprint density at radius 1 is 1.10 bits per heavy atom. The molecule has 2 aromatic rings. The number of benzene rings is 2. The minimum Gasteiger partial charge on any atom is -0.364 e. The van der Waals surface area contributed by atoms with Crippen molar-refractivity contribution in [2.75, 3.05) is 24.5 Å². The van der Waals surface area contributed by atoms with Crippen molar-refractivity contribution in [2.45, 2.75) is 13.0 Å². The van der Waals surface area contributed by atoms with Crippen molar-refractivity contribution in [1.29, 1.82) is 0 Å². The van der Waals surface area contributed by atoms with Crippen LogP contribution in [0.4, 0.5) is 14.5 Å². The summed E-state index contributed by atoms with van der Waals surface area (Å²) in [5.74, 6) is -0.516. The molecule has 0 saturated carbocycles. The SMILES string of the molecule is C[C@@H]1CNCCN1c1cc(-c2cccc(F)c2)ccc1F. The maximum atomic E-state index is 14.2. The molecule has 0 radical (unpaired) electrons. The molecule has 1 fully saturated rings. The molecule has 0 bridgehead atoms. The van der Waals surface area contributed by atoms with Crippen molar-refractivity contribution >= 4 is 5.69 Å². The van der Waals surface area contributed by atoms with Gasteiger partial charge in [0.15, 0.2) is 0 Å². The highest BCUT2D eigenvalue weighted by atomic mass is 19.1. The Kier molecular flexibility index (Phi) is 3.88. The maximum absolute atomic E-state index is 14.2. The summed E-state index contributed by atoms with van der Waals surface area (Å²) < 4.78 is 27.5. The molecule has 1 aliphatic heterocycles. The molecular formula is C17H18F2N2. The summed E-state index contributed by atoms with van der Waals surface area (Å²) >= 11 is 0. The minimum atomic E-state index is -0.283. The molecule has 0 aliphatic carbocycles. The van der Waals surface area contributed by atoms with Gasteiger partial charge in [-0.3, -0.25) is 0 Å². The third kappa shape index (κ3) is 2.90. The van der Waals surface area contributed by atoms with Crippen molar-refractivity contribution < 1.29 is 8.78 Å². The van der Waals surface area contributed by atoms with E-state index in [0.717, 1.165) is 30.8 Å². The number of nitrogens with zero attached hydrogens (tertiary/aromatic N) is 1. The van der Waals surface area contributed by atoms with Crippen LogP contribution in [0.3, 0.4) is 0 Å². The molecule has 0 amide bonds. The average molecular weight is 288 g/mol. The highest BCUT2D eigenvalue weighted by Gasteiger charge is 2.21. The molecule has 2 aromatic carbocycles. The monoisotopic (exact) mass is 288 g/mol. The van der Waals surface area contributed by atoms with Crippen LogP contribution in [0.1, 0.15) is 6.92 Å².